The van der Waals surface area contributed by atoms with E-state index in [4.69, 9.17) is 0 Å². The Labute approximate surface area is 120 Å². The molecule has 0 spiro atoms. The van der Waals surface area contributed by atoms with Gasteiger partial charge >= 0.3 is 29.6 Å². The Balaban J connectivity index is 0.00000144. The van der Waals surface area contributed by atoms with Gasteiger partial charge in [0.05, 0.1) is 10.3 Å². The van der Waals surface area contributed by atoms with Crippen molar-refractivity contribution in [3.05, 3.63) is 30.3 Å². The van der Waals surface area contributed by atoms with Crippen LogP contribution in [0.15, 0.2) is 35.2 Å². The number of rotatable bonds is 1. The predicted octanol–water partition coefficient (Wildman–Crippen LogP) is -1.84. The first-order valence-electron chi connectivity index (χ1n) is 4.31. The van der Waals surface area contributed by atoms with Gasteiger partial charge in [0.25, 0.3) is 0 Å². The Morgan fingerprint density at radius 2 is 1.59 bits per heavy atom. The molecule has 0 aliphatic carbocycles. The molecule has 0 fully saturated rings. The maximum Gasteiger partial charge on any atom is 1.00 e. The van der Waals surface area contributed by atoms with Crippen LogP contribution in [0.4, 0.5) is 0 Å². The molecule has 2 N–H and O–H groups in total. The maximum absolute atomic E-state index is 11.0. The zero-order chi connectivity index (χ0) is 11.9. The van der Waals surface area contributed by atoms with Crippen molar-refractivity contribution in [3.63, 3.8) is 0 Å². The van der Waals surface area contributed by atoms with E-state index in [0.29, 0.717) is 0 Å². The first-order valence-corrected chi connectivity index (χ1v) is 5.71. The van der Waals surface area contributed by atoms with Crippen molar-refractivity contribution in [2.45, 2.75) is 4.90 Å². The molecule has 0 saturated carbocycles. The van der Waals surface area contributed by atoms with Crippen LogP contribution < -0.4 is 29.6 Å². The summed E-state index contributed by atoms with van der Waals surface area (Å²) in [6.07, 6.45) is 0. The van der Waals surface area contributed by atoms with Gasteiger partial charge in [0.1, 0.15) is 21.6 Å². The van der Waals surface area contributed by atoms with E-state index in [1.165, 1.54) is 18.2 Å². The molecule has 0 aliphatic heterocycles. The van der Waals surface area contributed by atoms with Crippen molar-refractivity contribution in [1.82, 2.24) is 0 Å². The van der Waals surface area contributed by atoms with E-state index in [2.05, 4.69) is 0 Å². The molecule has 5 nitrogen and oxygen atoms in total. The number of phenolic OH excluding ortho intramolecular Hbond substituents is 2. The summed E-state index contributed by atoms with van der Waals surface area (Å²) in [4.78, 5) is -0.462. The molecule has 17 heavy (non-hydrogen) atoms. The van der Waals surface area contributed by atoms with Gasteiger partial charge in [0.2, 0.25) is 0 Å². The second-order valence-electron chi connectivity index (χ2n) is 3.24. The third-order valence-electron chi connectivity index (χ3n) is 2.23. The minimum absolute atomic E-state index is 0. The number of hydrogen-bond donors (Lipinski definition) is 2. The van der Waals surface area contributed by atoms with E-state index < -0.39 is 15.0 Å². The van der Waals surface area contributed by atoms with Gasteiger partial charge in [0.15, 0.2) is 0 Å². The number of phenols is 2. The van der Waals surface area contributed by atoms with Gasteiger partial charge < -0.3 is 14.8 Å². The van der Waals surface area contributed by atoms with Crippen molar-refractivity contribution < 1.29 is 52.7 Å². The van der Waals surface area contributed by atoms with Crippen LogP contribution in [-0.2, 0) is 10.1 Å². The third-order valence-corrected chi connectivity index (χ3v) is 3.12. The molecule has 0 amide bonds. The van der Waals surface area contributed by atoms with E-state index in [1.807, 2.05) is 0 Å². The Morgan fingerprint density at radius 1 is 1.00 bits per heavy atom. The second-order valence-corrected chi connectivity index (χ2v) is 4.58. The van der Waals surface area contributed by atoms with Gasteiger partial charge in [-0.25, -0.2) is 8.42 Å². The van der Waals surface area contributed by atoms with E-state index in [0.717, 1.165) is 12.1 Å². The Morgan fingerprint density at radius 3 is 2.18 bits per heavy atom. The Bertz CT molecular complexity index is 657. The van der Waals surface area contributed by atoms with E-state index in [1.54, 1.807) is 0 Å². The smallest absolute Gasteiger partial charge is 0.744 e. The average Bonchev–Trinajstić information content (AvgIpc) is 2.16. The molecule has 0 bridgehead atoms. The largest absolute Gasteiger partial charge is 1.00 e. The molecule has 0 radical (unpaired) electrons. The molecule has 0 aliphatic rings. The van der Waals surface area contributed by atoms with Crippen molar-refractivity contribution >= 4 is 20.9 Å². The van der Waals surface area contributed by atoms with Crippen molar-refractivity contribution in [2.24, 2.45) is 0 Å². The predicted molar refractivity (Wildman–Crippen MR) is 55.2 cm³/mol. The first-order chi connectivity index (χ1) is 7.41. The van der Waals surface area contributed by atoms with Gasteiger partial charge in [-0.05, 0) is 18.2 Å². The van der Waals surface area contributed by atoms with Crippen LogP contribution in [0.5, 0.6) is 11.5 Å². The fourth-order valence-corrected chi connectivity index (χ4v) is 2.23. The van der Waals surface area contributed by atoms with E-state index in [9.17, 15) is 23.2 Å². The Hall–Kier alpha value is -0.790. The van der Waals surface area contributed by atoms with E-state index >= 15 is 0 Å². The maximum atomic E-state index is 11.0. The molecule has 0 unspecified atom stereocenters. The molecule has 0 aromatic heterocycles. The fourth-order valence-electron chi connectivity index (χ4n) is 1.56. The van der Waals surface area contributed by atoms with Crippen LogP contribution in [0.2, 0.25) is 0 Å². The number of fused-ring (bicyclic) bond motifs is 1. The molecular weight excluding hydrogens is 255 g/mol. The molecule has 0 heterocycles. The summed E-state index contributed by atoms with van der Waals surface area (Å²) in [5.74, 6) is -0.555. The normalized spacial score (nSPS) is 11.1. The van der Waals surface area contributed by atoms with Gasteiger partial charge in [-0.2, -0.15) is 0 Å². The summed E-state index contributed by atoms with van der Waals surface area (Å²) in [6.45, 7) is 0. The van der Waals surface area contributed by atoms with Crippen LogP contribution >= 0.6 is 0 Å². The zero-order valence-corrected chi connectivity index (χ0v) is 11.7. The van der Waals surface area contributed by atoms with Gasteiger partial charge in [-0.15, -0.1) is 0 Å². The van der Waals surface area contributed by atoms with Crippen LogP contribution in [-0.4, -0.2) is 23.2 Å². The second kappa shape index (κ2) is 4.83. The standard InChI is InChI=1S/C10H8O5S.Na/c11-7-3-1-2-6-9(16(13,14)15)5-4-8(12)10(6)7;/h1-5,11-12H,(H,13,14,15);/q;+1/p-1. The summed E-state index contributed by atoms with van der Waals surface area (Å²) in [5, 5.41) is 18.9. The van der Waals surface area contributed by atoms with Crippen molar-refractivity contribution in [2.75, 3.05) is 0 Å². The summed E-state index contributed by atoms with van der Waals surface area (Å²) in [5.41, 5.74) is 0. The van der Waals surface area contributed by atoms with Gasteiger partial charge in [0, 0.05) is 5.39 Å². The minimum atomic E-state index is -4.64. The molecule has 84 valence electrons. The van der Waals surface area contributed by atoms with E-state index in [-0.39, 0.29) is 51.8 Å². The number of benzene rings is 2. The van der Waals surface area contributed by atoms with Crippen molar-refractivity contribution in [3.8, 4) is 11.5 Å². The number of hydrogen-bond acceptors (Lipinski definition) is 5. The molecule has 0 atom stereocenters. The average molecular weight is 262 g/mol. The molecule has 2 aromatic carbocycles. The van der Waals surface area contributed by atoms with Crippen LogP contribution in [0.1, 0.15) is 0 Å². The quantitative estimate of drug-likeness (QED) is 0.465. The van der Waals surface area contributed by atoms with Crippen molar-refractivity contribution in [1.29, 1.82) is 0 Å². The summed E-state index contributed by atoms with van der Waals surface area (Å²) in [7, 11) is -4.64. The fraction of sp³-hybridized carbons (Fsp3) is 0. The van der Waals surface area contributed by atoms with Crippen LogP contribution in [0.25, 0.3) is 10.8 Å². The van der Waals surface area contributed by atoms with Crippen LogP contribution in [0.3, 0.4) is 0 Å². The molecule has 2 rings (SSSR count). The number of aromatic hydroxyl groups is 2. The zero-order valence-electron chi connectivity index (χ0n) is 8.91. The summed E-state index contributed by atoms with van der Waals surface area (Å²) in [6, 6.07) is 6.11. The monoisotopic (exact) mass is 262 g/mol. The van der Waals surface area contributed by atoms with Crippen LogP contribution in [0, 0.1) is 0 Å². The first kappa shape index (κ1) is 14.3. The molecule has 2 aromatic rings. The SMILES string of the molecule is O=S(=O)([O-])c1ccc(O)c2c(O)cccc12.[Na+]. The molecule has 7 heteroatoms. The summed E-state index contributed by atoms with van der Waals surface area (Å²) >= 11 is 0. The summed E-state index contributed by atoms with van der Waals surface area (Å²) < 4.78 is 32.9. The Kier molecular flexibility index (Phi) is 4.06. The molecule has 0 saturated heterocycles. The van der Waals surface area contributed by atoms with Gasteiger partial charge in [-0.3, -0.25) is 0 Å². The minimum Gasteiger partial charge on any atom is -0.744 e. The third kappa shape index (κ3) is 2.56. The van der Waals surface area contributed by atoms with Gasteiger partial charge in [-0.1, -0.05) is 12.1 Å². The molecular formula is C10H7NaO5S. The topological polar surface area (TPSA) is 97.7 Å².